The molecular formula is C14H13ClO6. The molecule has 0 aromatic heterocycles. The van der Waals surface area contributed by atoms with Gasteiger partial charge in [-0.1, -0.05) is 17.5 Å². The van der Waals surface area contributed by atoms with Crippen LogP contribution in [0.4, 0.5) is 0 Å². The molecule has 2 rings (SSSR count). The van der Waals surface area contributed by atoms with Crippen molar-refractivity contribution in [3.05, 3.63) is 34.9 Å². The first kappa shape index (κ1) is 15.8. The van der Waals surface area contributed by atoms with Gasteiger partial charge in [0.2, 0.25) is 0 Å². The Morgan fingerprint density at radius 2 is 2.05 bits per heavy atom. The van der Waals surface area contributed by atoms with Crippen molar-refractivity contribution >= 4 is 17.6 Å². The Balaban J connectivity index is 2.01. The molecule has 3 N–H and O–H groups in total. The summed E-state index contributed by atoms with van der Waals surface area (Å²) < 4.78 is 9.86. The van der Waals surface area contributed by atoms with E-state index in [9.17, 15) is 20.1 Å². The highest BCUT2D eigenvalue weighted by Crippen LogP contribution is 2.30. The number of rotatable bonds is 3. The van der Waals surface area contributed by atoms with E-state index in [1.807, 2.05) is 5.92 Å². The summed E-state index contributed by atoms with van der Waals surface area (Å²) in [4.78, 5) is 11.8. The largest absolute Gasteiger partial charge is 0.459 e. The van der Waals surface area contributed by atoms with Gasteiger partial charge in [-0.3, -0.25) is 0 Å². The summed E-state index contributed by atoms with van der Waals surface area (Å²) in [5, 5.41) is 29.5. The summed E-state index contributed by atoms with van der Waals surface area (Å²) in [5.74, 6) is 1.28. The Morgan fingerprint density at radius 3 is 2.62 bits per heavy atom. The Morgan fingerprint density at radius 1 is 1.43 bits per heavy atom. The fraction of sp³-hybridized carbons (Fsp3) is 0.357. The number of aliphatic hydroxyl groups excluding tert-OH is 2. The number of ether oxygens (including phenoxy) is 2. The zero-order chi connectivity index (χ0) is 15.6. The summed E-state index contributed by atoms with van der Waals surface area (Å²) in [6.07, 6.45) is 0.580. The molecule has 1 heterocycles. The maximum Gasteiger partial charge on any atom is 0.338 e. The van der Waals surface area contributed by atoms with Gasteiger partial charge in [0.15, 0.2) is 11.9 Å². The fourth-order valence-electron chi connectivity index (χ4n) is 1.92. The Bertz CT molecular complexity index is 566. The molecule has 1 aromatic carbocycles. The topological polar surface area (TPSA) is 96.2 Å². The van der Waals surface area contributed by atoms with E-state index in [-0.39, 0.29) is 5.56 Å². The van der Waals surface area contributed by atoms with Crippen LogP contribution in [0.3, 0.4) is 0 Å². The number of esters is 1. The van der Waals surface area contributed by atoms with Crippen LogP contribution in [0.2, 0.25) is 5.02 Å². The van der Waals surface area contributed by atoms with Crippen molar-refractivity contribution in [3.63, 3.8) is 0 Å². The van der Waals surface area contributed by atoms with Crippen molar-refractivity contribution in [1.82, 2.24) is 0 Å². The minimum atomic E-state index is -2.13. The molecule has 1 aliphatic rings. The Hall–Kier alpha value is -1.62. The molecule has 4 atom stereocenters. The number of hydrogen-bond acceptors (Lipinski definition) is 6. The minimum Gasteiger partial charge on any atom is -0.459 e. The second-order valence-electron chi connectivity index (χ2n) is 4.54. The van der Waals surface area contributed by atoms with E-state index in [1.165, 1.54) is 24.3 Å². The van der Waals surface area contributed by atoms with E-state index in [0.717, 1.165) is 0 Å². The van der Waals surface area contributed by atoms with Crippen LogP contribution in [-0.2, 0) is 9.47 Å². The molecule has 1 aliphatic heterocycles. The van der Waals surface area contributed by atoms with Crippen molar-refractivity contribution < 1.29 is 29.6 Å². The third-order valence-corrected chi connectivity index (χ3v) is 3.44. The maximum atomic E-state index is 11.8. The number of aliphatic hydroxyl groups is 3. The first-order chi connectivity index (χ1) is 9.88. The number of benzene rings is 1. The summed E-state index contributed by atoms with van der Waals surface area (Å²) in [7, 11) is 0. The number of terminal acetylenes is 1. The van der Waals surface area contributed by atoms with Crippen molar-refractivity contribution in [3.8, 4) is 12.3 Å². The number of hydrogen-bond donors (Lipinski definition) is 3. The molecule has 0 radical (unpaired) electrons. The quantitative estimate of drug-likeness (QED) is 0.534. The molecule has 0 bridgehead atoms. The van der Waals surface area contributed by atoms with Crippen molar-refractivity contribution in [2.24, 2.45) is 0 Å². The van der Waals surface area contributed by atoms with Gasteiger partial charge in [0.25, 0.3) is 0 Å². The average Bonchev–Trinajstić information content (AvgIpc) is 2.70. The molecule has 7 heteroatoms. The third kappa shape index (κ3) is 3.02. The summed E-state index contributed by atoms with van der Waals surface area (Å²) in [5.41, 5.74) is -1.87. The monoisotopic (exact) mass is 312 g/mol. The standard InChI is InChI=1S/C14H13ClO6/c1-2-14(19)10(21-13(18)11(14)16)7-20-12(17)8-3-5-9(15)6-4-8/h1,3-6,10-11,13,16,18-19H,7H2/t10-,11+,13?,14-/m1/s1. The van der Waals surface area contributed by atoms with Crippen LogP contribution in [0, 0.1) is 12.3 Å². The number of carbonyl (C=O) groups is 1. The third-order valence-electron chi connectivity index (χ3n) is 3.19. The summed E-state index contributed by atoms with van der Waals surface area (Å²) in [6, 6.07) is 5.99. The van der Waals surface area contributed by atoms with Crippen LogP contribution >= 0.6 is 11.6 Å². The lowest BCUT2D eigenvalue weighted by molar-refractivity contribution is -0.133. The van der Waals surface area contributed by atoms with Gasteiger partial charge in [-0.25, -0.2) is 4.79 Å². The molecule has 112 valence electrons. The highest BCUT2D eigenvalue weighted by molar-refractivity contribution is 6.30. The minimum absolute atomic E-state index is 0.253. The van der Waals surface area contributed by atoms with Gasteiger partial charge in [0.1, 0.15) is 18.8 Å². The molecule has 1 unspecified atom stereocenters. The molecule has 0 aliphatic carbocycles. The molecular weight excluding hydrogens is 300 g/mol. The fourth-order valence-corrected chi connectivity index (χ4v) is 2.05. The van der Waals surface area contributed by atoms with Gasteiger partial charge in [-0.05, 0) is 24.3 Å². The van der Waals surface area contributed by atoms with Gasteiger partial charge in [0.05, 0.1) is 5.56 Å². The maximum absolute atomic E-state index is 11.8. The van der Waals surface area contributed by atoms with Crippen molar-refractivity contribution in [1.29, 1.82) is 0 Å². The molecule has 0 spiro atoms. The van der Waals surface area contributed by atoms with E-state index in [1.54, 1.807) is 0 Å². The second-order valence-corrected chi connectivity index (χ2v) is 4.97. The molecule has 1 saturated heterocycles. The molecule has 6 nitrogen and oxygen atoms in total. The van der Waals surface area contributed by atoms with Crippen LogP contribution < -0.4 is 0 Å². The summed E-state index contributed by atoms with van der Waals surface area (Å²) in [6.45, 7) is -0.420. The van der Waals surface area contributed by atoms with E-state index < -0.39 is 36.7 Å². The number of halogens is 1. The van der Waals surface area contributed by atoms with E-state index in [0.29, 0.717) is 5.02 Å². The SMILES string of the molecule is C#C[C@@]1(O)[C@@H](COC(=O)c2ccc(Cl)cc2)OC(O)[C@@H]1O. The van der Waals surface area contributed by atoms with E-state index >= 15 is 0 Å². The second kappa shape index (κ2) is 6.02. The molecule has 21 heavy (non-hydrogen) atoms. The zero-order valence-electron chi connectivity index (χ0n) is 10.8. The molecule has 0 saturated carbocycles. The molecule has 1 aromatic rings. The Labute approximate surface area is 125 Å². The predicted octanol–water partition coefficient (Wildman–Crippen LogP) is -0.0608. The highest BCUT2D eigenvalue weighted by Gasteiger charge is 2.54. The highest BCUT2D eigenvalue weighted by atomic mass is 35.5. The lowest BCUT2D eigenvalue weighted by atomic mass is 9.94. The first-order valence-corrected chi connectivity index (χ1v) is 6.40. The molecule has 0 amide bonds. The zero-order valence-corrected chi connectivity index (χ0v) is 11.5. The van der Waals surface area contributed by atoms with Gasteiger partial charge >= 0.3 is 5.97 Å². The van der Waals surface area contributed by atoms with Gasteiger partial charge in [0, 0.05) is 5.02 Å². The lowest BCUT2D eigenvalue weighted by Crippen LogP contribution is -2.48. The molecule has 1 fully saturated rings. The van der Waals surface area contributed by atoms with Crippen LogP contribution in [0.25, 0.3) is 0 Å². The smallest absolute Gasteiger partial charge is 0.338 e. The van der Waals surface area contributed by atoms with Crippen molar-refractivity contribution in [2.75, 3.05) is 6.61 Å². The van der Waals surface area contributed by atoms with Gasteiger partial charge in [-0.2, -0.15) is 0 Å². The normalized spacial score (nSPS) is 31.7. The average molecular weight is 313 g/mol. The Kier molecular flexibility index (Phi) is 4.52. The van der Waals surface area contributed by atoms with Crippen LogP contribution in [0.5, 0.6) is 0 Å². The van der Waals surface area contributed by atoms with Crippen LogP contribution in [0.15, 0.2) is 24.3 Å². The summed E-state index contributed by atoms with van der Waals surface area (Å²) >= 11 is 5.70. The van der Waals surface area contributed by atoms with Crippen molar-refractivity contribution in [2.45, 2.75) is 24.1 Å². The lowest BCUT2D eigenvalue weighted by Gasteiger charge is -2.24. The van der Waals surface area contributed by atoms with Gasteiger partial charge < -0.3 is 24.8 Å². The van der Waals surface area contributed by atoms with Crippen LogP contribution in [-0.4, -0.2) is 52.0 Å². The van der Waals surface area contributed by atoms with E-state index in [4.69, 9.17) is 27.5 Å². The van der Waals surface area contributed by atoms with Gasteiger partial charge in [-0.15, -0.1) is 6.42 Å². The van der Waals surface area contributed by atoms with Crippen LogP contribution in [0.1, 0.15) is 10.4 Å². The predicted molar refractivity (Wildman–Crippen MR) is 72.4 cm³/mol. The first-order valence-electron chi connectivity index (χ1n) is 6.03. The number of carbonyl (C=O) groups excluding carboxylic acids is 1. The van der Waals surface area contributed by atoms with E-state index in [2.05, 4.69) is 0 Å².